The lowest BCUT2D eigenvalue weighted by Gasteiger charge is -2.40. The summed E-state index contributed by atoms with van der Waals surface area (Å²) in [5, 5.41) is 3.11. The van der Waals surface area contributed by atoms with Gasteiger partial charge in [-0.2, -0.15) is 0 Å². The van der Waals surface area contributed by atoms with E-state index in [-0.39, 0.29) is 18.0 Å². The molecule has 0 aromatic heterocycles. The van der Waals surface area contributed by atoms with Crippen molar-refractivity contribution in [1.29, 1.82) is 0 Å². The third kappa shape index (κ3) is 4.33. The Morgan fingerprint density at radius 3 is 2.62 bits per heavy atom. The molecule has 5 heteroatoms. The van der Waals surface area contributed by atoms with Crippen molar-refractivity contribution >= 4 is 6.03 Å². The van der Waals surface area contributed by atoms with Gasteiger partial charge in [-0.3, -0.25) is 0 Å². The molecule has 2 saturated heterocycles. The Hall–Kier alpha value is -0.810. The molecule has 2 atom stereocenters. The summed E-state index contributed by atoms with van der Waals surface area (Å²) < 4.78 is 11.5. The normalized spacial score (nSPS) is 26.9. The zero-order valence-electron chi connectivity index (χ0n) is 13.9. The summed E-state index contributed by atoms with van der Waals surface area (Å²) in [5.74, 6) is 0.344. The first-order valence-corrected chi connectivity index (χ1v) is 8.24. The van der Waals surface area contributed by atoms with Crippen molar-refractivity contribution in [2.75, 3.05) is 26.3 Å². The Kier molecular flexibility index (Phi) is 5.49. The molecule has 122 valence electrons. The predicted octanol–water partition coefficient (Wildman–Crippen LogP) is 2.61. The van der Waals surface area contributed by atoms with Crippen molar-refractivity contribution in [1.82, 2.24) is 10.2 Å². The van der Waals surface area contributed by atoms with Gasteiger partial charge < -0.3 is 19.7 Å². The second-order valence-corrected chi connectivity index (χ2v) is 6.98. The van der Waals surface area contributed by atoms with E-state index in [1.165, 1.54) is 0 Å². The van der Waals surface area contributed by atoms with Crippen LogP contribution in [0.2, 0.25) is 0 Å². The number of nitrogens with one attached hydrogen (secondary N) is 1. The van der Waals surface area contributed by atoms with Crippen LogP contribution in [0.15, 0.2) is 0 Å². The van der Waals surface area contributed by atoms with E-state index in [0.717, 1.165) is 32.4 Å². The van der Waals surface area contributed by atoms with Crippen LogP contribution in [0, 0.1) is 11.8 Å². The Balaban J connectivity index is 1.87. The highest BCUT2D eigenvalue weighted by Crippen LogP contribution is 2.34. The molecule has 2 aliphatic rings. The first-order chi connectivity index (χ1) is 9.90. The topological polar surface area (TPSA) is 50.8 Å². The number of carbonyl (C=O) groups excluding carboxylic acids is 1. The van der Waals surface area contributed by atoms with Gasteiger partial charge in [0.1, 0.15) is 0 Å². The average molecular weight is 298 g/mol. The van der Waals surface area contributed by atoms with Crippen LogP contribution in [0.4, 0.5) is 4.79 Å². The highest BCUT2D eigenvalue weighted by Gasteiger charge is 2.42. The third-order valence-corrected chi connectivity index (χ3v) is 4.51. The Morgan fingerprint density at radius 2 is 2.00 bits per heavy atom. The van der Waals surface area contributed by atoms with Crippen LogP contribution < -0.4 is 5.32 Å². The van der Waals surface area contributed by atoms with E-state index in [2.05, 4.69) is 26.1 Å². The lowest BCUT2D eigenvalue weighted by Crippen LogP contribution is -2.52. The van der Waals surface area contributed by atoms with E-state index >= 15 is 0 Å². The van der Waals surface area contributed by atoms with E-state index < -0.39 is 5.79 Å². The van der Waals surface area contributed by atoms with Crippen molar-refractivity contribution in [3.63, 3.8) is 0 Å². The number of carbonyl (C=O) groups is 1. The Bertz CT molecular complexity index is 353. The fourth-order valence-corrected chi connectivity index (χ4v) is 3.42. The van der Waals surface area contributed by atoms with E-state index in [9.17, 15) is 4.79 Å². The molecule has 2 aliphatic heterocycles. The highest BCUT2D eigenvalue weighted by atomic mass is 16.7. The molecule has 5 nitrogen and oxygen atoms in total. The molecule has 2 fully saturated rings. The fourth-order valence-electron chi connectivity index (χ4n) is 3.42. The average Bonchev–Trinajstić information content (AvgIpc) is 2.86. The molecular formula is C16H30N2O3. The summed E-state index contributed by atoms with van der Waals surface area (Å²) in [7, 11) is 0. The molecule has 0 saturated carbocycles. The molecule has 2 rings (SSSR count). The predicted molar refractivity (Wildman–Crippen MR) is 82.1 cm³/mol. The van der Waals surface area contributed by atoms with Gasteiger partial charge >= 0.3 is 6.03 Å². The van der Waals surface area contributed by atoms with Gasteiger partial charge in [0.25, 0.3) is 0 Å². The number of urea groups is 1. The minimum absolute atomic E-state index is 0.0504. The number of nitrogens with zero attached hydrogens (tertiary/aromatic N) is 1. The van der Waals surface area contributed by atoms with Crippen LogP contribution in [0.3, 0.4) is 0 Å². The summed E-state index contributed by atoms with van der Waals surface area (Å²) in [6.07, 6.45) is 3.08. The molecule has 0 spiro atoms. The van der Waals surface area contributed by atoms with E-state index in [1.807, 2.05) is 11.8 Å². The molecule has 0 radical (unpaired) electrons. The van der Waals surface area contributed by atoms with E-state index in [4.69, 9.17) is 9.47 Å². The minimum Gasteiger partial charge on any atom is -0.347 e. The minimum atomic E-state index is -0.511. The lowest BCUT2D eigenvalue weighted by atomic mass is 9.90. The van der Waals surface area contributed by atoms with Crippen LogP contribution in [0.5, 0.6) is 0 Å². The van der Waals surface area contributed by atoms with Gasteiger partial charge in [-0.25, -0.2) is 4.79 Å². The highest BCUT2D eigenvalue weighted by molar-refractivity contribution is 5.74. The molecule has 0 aromatic carbocycles. The number of hydrogen-bond acceptors (Lipinski definition) is 3. The summed E-state index contributed by atoms with van der Waals surface area (Å²) in [4.78, 5) is 14.3. The van der Waals surface area contributed by atoms with Gasteiger partial charge in [-0.15, -0.1) is 0 Å². The Morgan fingerprint density at radius 1 is 1.33 bits per heavy atom. The monoisotopic (exact) mass is 298 g/mol. The molecule has 2 heterocycles. The van der Waals surface area contributed by atoms with E-state index in [0.29, 0.717) is 19.1 Å². The van der Waals surface area contributed by atoms with Gasteiger partial charge in [0.2, 0.25) is 0 Å². The first-order valence-electron chi connectivity index (χ1n) is 8.24. The summed E-state index contributed by atoms with van der Waals surface area (Å²) in [6.45, 7) is 11.3. The zero-order chi connectivity index (χ0) is 15.5. The van der Waals surface area contributed by atoms with Crippen LogP contribution in [-0.2, 0) is 9.47 Å². The number of ether oxygens (including phenoxy) is 2. The molecule has 2 amide bonds. The van der Waals surface area contributed by atoms with Crippen LogP contribution in [0.1, 0.15) is 47.0 Å². The smallest absolute Gasteiger partial charge is 0.317 e. The Labute approximate surface area is 128 Å². The largest absolute Gasteiger partial charge is 0.347 e. The SMILES string of the molecule is CC(C)C[C@H](C)NC(=O)N1CCC[C@@H](C2(C)OCCO2)C1. The standard InChI is InChI=1S/C16H30N2O3/c1-12(2)10-13(3)17-15(19)18-7-5-6-14(11-18)16(4)20-8-9-21-16/h12-14H,5-11H2,1-4H3,(H,17,19)/t13-,14+/m0/s1. The summed E-state index contributed by atoms with van der Waals surface area (Å²) >= 11 is 0. The van der Waals surface area contributed by atoms with Crippen molar-refractivity contribution in [3.05, 3.63) is 0 Å². The summed E-state index contributed by atoms with van der Waals surface area (Å²) in [5.41, 5.74) is 0. The van der Waals surface area contributed by atoms with Gasteiger partial charge in [0, 0.05) is 25.0 Å². The third-order valence-electron chi connectivity index (χ3n) is 4.51. The zero-order valence-corrected chi connectivity index (χ0v) is 13.9. The second-order valence-electron chi connectivity index (χ2n) is 6.98. The number of likely N-dealkylation sites (tertiary alicyclic amines) is 1. The van der Waals surface area contributed by atoms with Crippen molar-refractivity contribution in [3.8, 4) is 0 Å². The number of rotatable bonds is 4. The molecule has 0 bridgehead atoms. The van der Waals surface area contributed by atoms with Crippen molar-refractivity contribution in [2.45, 2.75) is 58.8 Å². The second kappa shape index (κ2) is 6.97. The summed E-state index contributed by atoms with van der Waals surface area (Å²) in [6, 6.07) is 0.266. The fraction of sp³-hybridized carbons (Fsp3) is 0.938. The molecule has 0 aromatic rings. The molecule has 0 aliphatic carbocycles. The van der Waals surface area contributed by atoms with Crippen molar-refractivity contribution in [2.24, 2.45) is 11.8 Å². The maximum Gasteiger partial charge on any atom is 0.317 e. The van der Waals surface area contributed by atoms with Gasteiger partial charge in [-0.1, -0.05) is 13.8 Å². The van der Waals surface area contributed by atoms with Gasteiger partial charge in [-0.05, 0) is 39.0 Å². The quantitative estimate of drug-likeness (QED) is 0.868. The molecule has 1 N–H and O–H groups in total. The number of amides is 2. The number of hydrogen-bond donors (Lipinski definition) is 1. The number of piperidine rings is 1. The van der Waals surface area contributed by atoms with Gasteiger partial charge in [0.15, 0.2) is 5.79 Å². The molecule has 21 heavy (non-hydrogen) atoms. The van der Waals surface area contributed by atoms with E-state index in [1.54, 1.807) is 0 Å². The maximum atomic E-state index is 12.4. The van der Waals surface area contributed by atoms with Crippen LogP contribution in [-0.4, -0.2) is 49.1 Å². The molecular weight excluding hydrogens is 268 g/mol. The lowest BCUT2D eigenvalue weighted by molar-refractivity contribution is -0.189. The van der Waals surface area contributed by atoms with Gasteiger partial charge in [0.05, 0.1) is 13.2 Å². The van der Waals surface area contributed by atoms with Crippen LogP contribution in [0.25, 0.3) is 0 Å². The van der Waals surface area contributed by atoms with Crippen molar-refractivity contribution < 1.29 is 14.3 Å². The molecule has 0 unspecified atom stereocenters. The first kappa shape index (κ1) is 16.6. The van der Waals surface area contributed by atoms with Crippen LogP contribution >= 0.6 is 0 Å². The maximum absolute atomic E-state index is 12.4.